The van der Waals surface area contributed by atoms with Crippen molar-refractivity contribution in [3.8, 4) is 0 Å². The molecule has 2 aliphatic rings. The number of carbonyl (C=O) groups excluding carboxylic acids is 2. The van der Waals surface area contributed by atoms with Crippen LogP contribution < -0.4 is 5.32 Å². The number of carbonyl (C=O) groups is 2. The Bertz CT molecular complexity index is 1140. The summed E-state index contributed by atoms with van der Waals surface area (Å²) in [6, 6.07) is 30.2. The highest BCUT2D eigenvalue weighted by atomic mass is 16.2. The number of nitrogens with one attached hydrogen (secondary N) is 1. The van der Waals surface area contributed by atoms with E-state index in [1.165, 1.54) is 11.1 Å². The first-order chi connectivity index (χ1) is 17.6. The molecule has 5 heteroatoms. The number of amides is 2. The standard InChI is InChI=1S/C31H35N3O2/c35-29-28(24-27-14-8-3-9-15-27)32-30(36)31(34(29)21-17-26-12-6-2-7-13-26)18-22-33(23-19-31)20-16-25-10-4-1-5-11-25/h1-15,28H,16-24H2,(H,32,36). The molecule has 2 fully saturated rings. The third-order valence-electron chi connectivity index (χ3n) is 7.80. The van der Waals surface area contributed by atoms with Crippen molar-refractivity contribution >= 4 is 11.8 Å². The smallest absolute Gasteiger partial charge is 0.246 e. The normalized spacial score (nSPS) is 19.9. The molecule has 1 atom stereocenters. The molecule has 0 saturated carbocycles. The largest absolute Gasteiger partial charge is 0.342 e. The summed E-state index contributed by atoms with van der Waals surface area (Å²) in [6.07, 6.45) is 3.61. The van der Waals surface area contributed by atoms with E-state index >= 15 is 0 Å². The summed E-state index contributed by atoms with van der Waals surface area (Å²) < 4.78 is 0. The number of rotatable bonds is 8. The summed E-state index contributed by atoms with van der Waals surface area (Å²) in [7, 11) is 0. The topological polar surface area (TPSA) is 52.7 Å². The van der Waals surface area contributed by atoms with Gasteiger partial charge in [-0.25, -0.2) is 0 Å². The summed E-state index contributed by atoms with van der Waals surface area (Å²) in [4.78, 5) is 31.9. The van der Waals surface area contributed by atoms with E-state index in [1.807, 2.05) is 59.5 Å². The molecule has 3 aromatic carbocycles. The zero-order chi connectivity index (χ0) is 24.8. The lowest BCUT2D eigenvalue weighted by Gasteiger charge is -2.51. The molecule has 0 radical (unpaired) electrons. The number of nitrogens with zero attached hydrogens (tertiary/aromatic N) is 2. The van der Waals surface area contributed by atoms with Crippen molar-refractivity contribution in [3.63, 3.8) is 0 Å². The van der Waals surface area contributed by atoms with Crippen LogP contribution in [0, 0.1) is 0 Å². The van der Waals surface area contributed by atoms with Gasteiger partial charge in [-0.3, -0.25) is 9.59 Å². The molecule has 1 N–H and O–H groups in total. The molecule has 3 aromatic rings. The van der Waals surface area contributed by atoms with Crippen LogP contribution in [0.3, 0.4) is 0 Å². The third-order valence-corrected chi connectivity index (χ3v) is 7.80. The van der Waals surface area contributed by atoms with Crippen molar-refractivity contribution in [2.45, 2.75) is 43.7 Å². The van der Waals surface area contributed by atoms with Crippen molar-refractivity contribution in [2.24, 2.45) is 0 Å². The Labute approximate surface area is 214 Å². The summed E-state index contributed by atoms with van der Waals surface area (Å²) in [5.74, 6) is 0.0610. The predicted molar refractivity (Wildman–Crippen MR) is 142 cm³/mol. The molecule has 36 heavy (non-hydrogen) atoms. The molecular formula is C31H35N3O2. The number of hydrogen-bond acceptors (Lipinski definition) is 3. The second-order valence-electron chi connectivity index (χ2n) is 10.1. The molecule has 2 aliphatic heterocycles. The van der Waals surface area contributed by atoms with Crippen LogP contribution in [0.4, 0.5) is 0 Å². The first-order valence-corrected chi connectivity index (χ1v) is 13.1. The van der Waals surface area contributed by atoms with E-state index in [9.17, 15) is 9.59 Å². The first-order valence-electron chi connectivity index (χ1n) is 13.1. The fourth-order valence-corrected chi connectivity index (χ4v) is 5.65. The molecule has 2 amide bonds. The number of hydrogen-bond donors (Lipinski definition) is 1. The highest BCUT2D eigenvalue weighted by Crippen LogP contribution is 2.34. The van der Waals surface area contributed by atoms with Gasteiger partial charge in [0.25, 0.3) is 0 Å². The van der Waals surface area contributed by atoms with Gasteiger partial charge in [0.1, 0.15) is 11.6 Å². The van der Waals surface area contributed by atoms with Gasteiger partial charge in [0.15, 0.2) is 0 Å². The summed E-state index contributed by atoms with van der Waals surface area (Å²) in [5.41, 5.74) is 2.82. The van der Waals surface area contributed by atoms with E-state index < -0.39 is 11.6 Å². The van der Waals surface area contributed by atoms with Crippen LogP contribution >= 0.6 is 0 Å². The van der Waals surface area contributed by atoms with Gasteiger partial charge < -0.3 is 15.1 Å². The maximum atomic E-state index is 13.9. The summed E-state index contributed by atoms with van der Waals surface area (Å²) >= 11 is 0. The molecule has 5 rings (SSSR count). The Kier molecular flexibility index (Phi) is 7.47. The Morgan fingerprint density at radius 1 is 0.694 bits per heavy atom. The van der Waals surface area contributed by atoms with Crippen molar-refractivity contribution < 1.29 is 9.59 Å². The van der Waals surface area contributed by atoms with Crippen molar-refractivity contribution in [1.29, 1.82) is 0 Å². The monoisotopic (exact) mass is 481 g/mol. The number of benzene rings is 3. The van der Waals surface area contributed by atoms with Gasteiger partial charge in [-0.1, -0.05) is 91.0 Å². The van der Waals surface area contributed by atoms with Crippen molar-refractivity contribution in [3.05, 3.63) is 108 Å². The van der Waals surface area contributed by atoms with E-state index in [1.54, 1.807) is 0 Å². The van der Waals surface area contributed by atoms with Crippen LogP contribution in [-0.4, -0.2) is 59.4 Å². The Balaban J connectivity index is 1.31. The lowest BCUT2D eigenvalue weighted by Crippen LogP contribution is -2.73. The van der Waals surface area contributed by atoms with Gasteiger partial charge in [-0.2, -0.15) is 0 Å². The lowest BCUT2D eigenvalue weighted by molar-refractivity contribution is -0.161. The molecule has 186 valence electrons. The average Bonchev–Trinajstić information content (AvgIpc) is 2.93. The second kappa shape index (κ2) is 11.1. The zero-order valence-corrected chi connectivity index (χ0v) is 20.8. The molecular weight excluding hydrogens is 446 g/mol. The maximum absolute atomic E-state index is 13.9. The van der Waals surface area contributed by atoms with Gasteiger partial charge >= 0.3 is 0 Å². The minimum absolute atomic E-state index is 0.0128. The quantitative estimate of drug-likeness (QED) is 0.531. The Hall–Kier alpha value is -3.44. The van der Waals surface area contributed by atoms with Gasteiger partial charge in [-0.15, -0.1) is 0 Å². The van der Waals surface area contributed by atoms with E-state index in [0.717, 1.165) is 38.0 Å². The highest BCUT2D eigenvalue weighted by Gasteiger charge is 2.53. The van der Waals surface area contributed by atoms with Gasteiger partial charge in [0, 0.05) is 32.6 Å². The molecule has 0 aromatic heterocycles. The Morgan fingerprint density at radius 2 is 1.19 bits per heavy atom. The number of piperidine rings is 1. The molecule has 5 nitrogen and oxygen atoms in total. The van der Waals surface area contributed by atoms with Crippen molar-refractivity contribution in [2.75, 3.05) is 26.2 Å². The number of likely N-dealkylation sites (tertiary alicyclic amines) is 1. The fraction of sp³-hybridized carbons (Fsp3) is 0.355. The third kappa shape index (κ3) is 5.36. The van der Waals surface area contributed by atoms with Gasteiger partial charge in [-0.05, 0) is 42.4 Å². The van der Waals surface area contributed by atoms with E-state index in [-0.39, 0.29) is 11.8 Å². The van der Waals surface area contributed by atoms with Crippen LogP contribution in [0.5, 0.6) is 0 Å². The fourth-order valence-electron chi connectivity index (χ4n) is 5.65. The molecule has 2 heterocycles. The molecule has 0 aliphatic carbocycles. The predicted octanol–water partition coefficient (Wildman–Crippen LogP) is 3.88. The lowest BCUT2D eigenvalue weighted by atomic mass is 9.80. The van der Waals surface area contributed by atoms with Crippen LogP contribution in [0.1, 0.15) is 29.5 Å². The van der Waals surface area contributed by atoms with Crippen LogP contribution in [0.25, 0.3) is 0 Å². The maximum Gasteiger partial charge on any atom is 0.246 e. The summed E-state index contributed by atoms with van der Waals surface area (Å²) in [6.45, 7) is 3.17. The summed E-state index contributed by atoms with van der Waals surface area (Å²) in [5, 5.41) is 3.13. The second-order valence-corrected chi connectivity index (χ2v) is 10.1. The minimum atomic E-state index is -0.762. The average molecular weight is 482 g/mol. The van der Waals surface area contributed by atoms with E-state index in [2.05, 4.69) is 46.6 Å². The number of piperazine rings is 1. The molecule has 1 spiro atoms. The molecule has 2 saturated heterocycles. The van der Waals surface area contributed by atoms with Crippen LogP contribution in [0.2, 0.25) is 0 Å². The van der Waals surface area contributed by atoms with Gasteiger partial charge in [0.2, 0.25) is 11.8 Å². The van der Waals surface area contributed by atoms with Gasteiger partial charge in [0.05, 0.1) is 0 Å². The molecule has 1 unspecified atom stereocenters. The minimum Gasteiger partial charge on any atom is -0.342 e. The SMILES string of the molecule is O=C1C(Cc2ccccc2)NC(=O)C2(CCN(CCc3ccccc3)CC2)N1CCc1ccccc1. The first kappa shape index (κ1) is 24.3. The van der Waals surface area contributed by atoms with Crippen LogP contribution in [-0.2, 0) is 28.9 Å². The Morgan fingerprint density at radius 3 is 1.75 bits per heavy atom. The van der Waals surface area contributed by atoms with Crippen molar-refractivity contribution in [1.82, 2.24) is 15.1 Å². The van der Waals surface area contributed by atoms with E-state index in [4.69, 9.17) is 0 Å². The zero-order valence-electron chi connectivity index (χ0n) is 20.8. The molecule has 0 bridgehead atoms. The van der Waals surface area contributed by atoms with Crippen LogP contribution in [0.15, 0.2) is 91.0 Å². The van der Waals surface area contributed by atoms with E-state index in [0.29, 0.717) is 25.8 Å². The highest BCUT2D eigenvalue weighted by molar-refractivity contribution is 6.00.